The lowest BCUT2D eigenvalue weighted by atomic mass is 10.2. The number of esters is 1. The van der Waals surface area contributed by atoms with Crippen LogP contribution in [0.25, 0.3) is 0 Å². The van der Waals surface area contributed by atoms with E-state index in [1.165, 1.54) is 0 Å². The van der Waals surface area contributed by atoms with E-state index in [-0.39, 0.29) is 6.61 Å². The van der Waals surface area contributed by atoms with Gasteiger partial charge in [-0.15, -0.1) is 0 Å². The first-order valence-electron chi connectivity index (χ1n) is 3.61. The van der Waals surface area contributed by atoms with Crippen LogP contribution in [0.4, 0.5) is 0 Å². The first-order chi connectivity index (χ1) is 5.99. The summed E-state index contributed by atoms with van der Waals surface area (Å²) in [5, 5.41) is 8.46. The number of ketones is 1. The maximum atomic E-state index is 10.7. The molecule has 0 saturated heterocycles. The SMILES string of the molecule is CCOC(=O)C=C(C(C)=O)C(=O)O. The van der Waals surface area contributed by atoms with Crippen LogP contribution < -0.4 is 0 Å². The number of carboxylic acids is 1. The molecule has 0 atom stereocenters. The van der Waals surface area contributed by atoms with Crippen molar-refractivity contribution in [3.63, 3.8) is 0 Å². The van der Waals surface area contributed by atoms with Crippen LogP contribution in [-0.2, 0) is 19.1 Å². The van der Waals surface area contributed by atoms with E-state index in [0.717, 1.165) is 6.92 Å². The lowest BCUT2D eigenvalue weighted by Crippen LogP contribution is -2.12. The van der Waals surface area contributed by atoms with Crippen LogP contribution in [0.15, 0.2) is 11.6 Å². The molecule has 72 valence electrons. The van der Waals surface area contributed by atoms with Crippen molar-refractivity contribution in [2.24, 2.45) is 0 Å². The Morgan fingerprint density at radius 1 is 1.38 bits per heavy atom. The largest absolute Gasteiger partial charge is 0.478 e. The van der Waals surface area contributed by atoms with E-state index in [9.17, 15) is 14.4 Å². The summed E-state index contributed by atoms with van der Waals surface area (Å²) in [5.41, 5.74) is -0.571. The van der Waals surface area contributed by atoms with Gasteiger partial charge in [-0.2, -0.15) is 0 Å². The van der Waals surface area contributed by atoms with Crippen LogP contribution in [0.5, 0.6) is 0 Å². The monoisotopic (exact) mass is 186 g/mol. The molecular weight excluding hydrogens is 176 g/mol. The Bertz CT molecular complexity index is 248. The quantitative estimate of drug-likeness (QED) is 0.292. The second-order valence-corrected chi connectivity index (χ2v) is 2.17. The van der Waals surface area contributed by atoms with E-state index < -0.39 is 23.3 Å². The number of Topliss-reactive ketones (excluding diaryl/α,β-unsaturated/α-hetero) is 1. The molecule has 1 N–H and O–H groups in total. The Morgan fingerprint density at radius 2 is 1.92 bits per heavy atom. The number of carbonyl (C=O) groups is 3. The smallest absolute Gasteiger partial charge is 0.339 e. The zero-order valence-corrected chi connectivity index (χ0v) is 7.36. The minimum absolute atomic E-state index is 0.139. The van der Waals surface area contributed by atoms with Gasteiger partial charge in [-0.05, 0) is 13.8 Å². The van der Waals surface area contributed by atoms with Gasteiger partial charge >= 0.3 is 11.9 Å². The first-order valence-corrected chi connectivity index (χ1v) is 3.61. The minimum Gasteiger partial charge on any atom is -0.478 e. The molecule has 0 fully saturated rings. The van der Waals surface area contributed by atoms with Gasteiger partial charge < -0.3 is 9.84 Å². The molecule has 5 heteroatoms. The molecule has 0 bridgehead atoms. The van der Waals surface area contributed by atoms with Gasteiger partial charge in [0.2, 0.25) is 0 Å². The van der Waals surface area contributed by atoms with Crippen LogP contribution in [0.2, 0.25) is 0 Å². The Balaban J connectivity index is 4.64. The van der Waals surface area contributed by atoms with Crippen LogP contribution >= 0.6 is 0 Å². The Kier molecular flexibility index (Phi) is 4.43. The highest BCUT2D eigenvalue weighted by molar-refractivity contribution is 6.18. The van der Waals surface area contributed by atoms with Crippen molar-refractivity contribution in [1.29, 1.82) is 0 Å². The standard InChI is InChI=1S/C8H10O5/c1-3-13-7(10)4-6(5(2)9)8(11)12/h4H,3H2,1-2H3,(H,11,12). The average molecular weight is 186 g/mol. The van der Waals surface area contributed by atoms with Crippen LogP contribution in [-0.4, -0.2) is 29.4 Å². The van der Waals surface area contributed by atoms with E-state index in [0.29, 0.717) is 6.08 Å². The van der Waals surface area contributed by atoms with E-state index in [1.807, 2.05) is 0 Å². The minimum atomic E-state index is -1.43. The molecule has 0 heterocycles. The van der Waals surface area contributed by atoms with Crippen LogP contribution in [0.3, 0.4) is 0 Å². The van der Waals surface area contributed by atoms with Crippen molar-refractivity contribution in [2.75, 3.05) is 6.61 Å². The number of hydrogen-bond donors (Lipinski definition) is 1. The highest BCUT2D eigenvalue weighted by atomic mass is 16.5. The fourth-order valence-electron chi connectivity index (χ4n) is 0.616. The molecule has 5 nitrogen and oxygen atoms in total. The molecule has 0 amide bonds. The number of ether oxygens (including phenoxy) is 1. The number of rotatable bonds is 4. The van der Waals surface area contributed by atoms with Gasteiger partial charge in [0, 0.05) is 6.08 Å². The van der Waals surface area contributed by atoms with Crippen molar-refractivity contribution in [1.82, 2.24) is 0 Å². The van der Waals surface area contributed by atoms with E-state index in [1.54, 1.807) is 6.92 Å². The molecular formula is C8H10O5. The van der Waals surface area contributed by atoms with Crippen molar-refractivity contribution in [3.8, 4) is 0 Å². The van der Waals surface area contributed by atoms with Crippen molar-refractivity contribution >= 4 is 17.7 Å². The molecule has 0 aromatic heterocycles. The third-order valence-corrected chi connectivity index (χ3v) is 1.16. The van der Waals surface area contributed by atoms with Gasteiger partial charge in [0.25, 0.3) is 0 Å². The van der Waals surface area contributed by atoms with E-state index in [2.05, 4.69) is 4.74 Å². The predicted molar refractivity (Wildman–Crippen MR) is 43.0 cm³/mol. The van der Waals surface area contributed by atoms with E-state index >= 15 is 0 Å². The van der Waals surface area contributed by atoms with Crippen LogP contribution in [0.1, 0.15) is 13.8 Å². The third-order valence-electron chi connectivity index (χ3n) is 1.16. The first kappa shape index (κ1) is 11.4. The van der Waals surface area contributed by atoms with Gasteiger partial charge in [-0.1, -0.05) is 0 Å². The lowest BCUT2D eigenvalue weighted by Gasteiger charge is -1.97. The van der Waals surface area contributed by atoms with Gasteiger partial charge in [-0.3, -0.25) is 4.79 Å². The van der Waals surface area contributed by atoms with Crippen molar-refractivity contribution < 1.29 is 24.2 Å². The van der Waals surface area contributed by atoms with Gasteiger partial charge in [0.05, 0.1) is 6.61 Å². The molecule has 0 rings (SSSR count). The molecule has 0 spiro atoms. The summed E-state index contributed by atoms with van der Waals surface area (Å²) in [6.45, 7) is 2.79. The van der Waals surface area contributed by atoms with Crippen molar-refractivity contribution in [2.45, 2.75) is 13.8 Å². The average Bonchev–Trinajstić information content (AvgIpc) is 1.99. The second kappa shape index (κ2) is 5.08. The molecule has 0 aromatic carbocycles. The molecule has 0 saturated carbocycles. The fraction of sp³-hybridized carbons (Fsp3) is 0.375. The molecule has 13 heavy (non-hydrogen) atoms. The van der Waals surface area contributed by atoms with Crippen molar-refractivity contribution in [3.05, 3.63) is 11.6 Å². The summed E-state index contributed by atoms with van der Waals surface area (Å²) in [7, 11) is 0. The maximum Gasteiger partial charge on any atom is 0.339 e. The molecule has 0 unspecified atom stereocenters. The summed E-state index contributed by atoms with van der Waals surface area (Å²) in [6, 6.07) is 0. The fourth-order valence-corrected chi connectivity index (χ4v) is 0.616. The van der Waals surface area contributed by atoms with E-state index in [4.69, 9.17) is 5.11 Å². The predicted octanol–water partition coefficient (Wildman–Crippen LogP) is 0.149. The number of aliphatic carboxylic acids is 1. The van der Waals surface area contributed by atoms with Gasteiger partial charge in [-0.25, -0.2) is 9.59 Å². The van der Waals surface area contributed by atoms with Gasteiger partial charge in [0.1, 0.15) is 5.57 Å². The zero-order chi connectivity index (χ0) is 10.4. The Hall–Kier alpha value is -1.65. The Morgan fingerprint density at radius 3 is 2.23 bits per heavy atom. The summed E-state index contributed by atoms with van der Waals surface area (Å²) < 4.78 is 4.44. The molecule has 0 aliphatic heterocycles. The summed E-state index contributed by atoms with van der Waals surface area (Å²) >= 11 is 0. The highest BCUT2D eigenvalue weighted by Gasteiger charge is 2.14. The summed E-state index contributed by atoms with van der Waals surface area (Å²) in [5.74, 6) is -2.93. The normalized spacial score (nSPS) is 10.8. The Labute approximate surface area is 75.0 Å². The molecule has 0 aromatic rings. The molecule has 0 radical (unpaired) electrons. The van der Waals surface area contributed by atoms with Crippen LogP contribution in [0, 0.1) is 0 Å². The summed E-state index contributed by atoms with van der Waals surface area (Å²) in [6.07, 6.45) is 0.675. The number of carboxylic acid groups (broad SMARTS) is 1. The zero-order valence-electron chi connectivity index (χ0n) is 7.36. The topological polar surface area (TPSA) is 80.7 Å². The molecule has 0 aliphatic rings. The second-order valence-electron chi connectivity index (χ2n) is 2.17. The summed E-state index contributed by atoms with van der Waals surface area (Å²) in [4.78, 5) is 31.8. The maximum absolute atomic E-state index is 10.7. The third kappa shape index (κ3) is 4.05. The van der Waals surface area contributed by atoms with Gasteiger partial charge in [0.15, 0.2) is 5.78 Å². The number of carbonyl (C=O) groups excluding carboxylic acids is 2. The highest BCUT2D eigenvalue weighted by Crippen LogP contribution is 1.97. The number of hydrogen-bond acceptors (Lipinski definition) is 4. The molecule has 0 aliphatic carbocycles. The lowest BCUT2D eigenvalue weighted by molar-refractivity contribution is -0.139.